The predicted molar refractivity (Wildman–Crippen MR) is 76.4 cm³/mol. The summed E-state index contributed by atoms with van der Waals surface area (Å²) in [5.74, 6) is 0.589. The summed E-state index contributed by atoms with van der Waals surface area (Å²) in [5.41, 5.74) is 5.68. The number of carbonyl (C=O) groups is 1. The average molecular weight is 285 g/mol. The maximum Gasteiger partial charge on any atom is 0.254 e. The second kappa shape index (κ2) is 7.93. The molecular weight excluding hydrogens is 258 g/mol. The van der Waals surface area contributed by atoms with Crippen molar-refractivity contribution in [3.8, 4) is 0 Å². The number of ether oxygens (including phenoxy) is 2. The lowest BCUT2D eigenvalue weighted by molar-refractivity contribution is -0.157. The van der Waals surface area contributed by atoms with E-state index in [0.717, 1.165) is 39.1 Å². The Kier molecular flexibility index (Phi) is 6.22. The highest BCUT2D eigenvalue weighted by atomic mass is 16.6. The largest absolute Gasteiger partial charge is 0.376 e. The van der Waals surface area contributed by atoms with E-state index in [-0.39, 0.29) is 5.91 Å². The van der Waals surface area contributed by atoms with Crippen LogP contribution < -0.4 is 5.73 Å². The fourth-order valence-corrected chi connectivity index (χ4v) is 2.72. The van der Waals surface area contributed by atoms with E-state index >= 15 is 0 Å². The summed E-state index contributed by atoms with van der Waals surface area (Å²) < 4.78 is 10.8. The van der Waals surface area contributed by atoms with Crippen LogP contribution in [0.5, 0.6) is 0 Å². The van der Waals surface area contributed by atoms with Gasteiger partial charge in [0.05, 0.1) is 19.8 Å². The molecule has 2 heterocycles. The molecule has 2 N–H and O–H groups in total. The van der Waals surface area contributed by atoms with Crippen molar-refractivity contribution in [3.05, 3.63) is 0 Å². The molecule has 0 aromatic rings. The quantitative estimate of drug-likeness (QED) is 0.756. The van der Waals surface area contributed by atoms with Crippen LogP contribution in [0.1, 0.15) is 13.3 Å². The van der Waals surface area contributed by atoms with Crippen LogP contribution in [-0.4, -0.2) is 80.9 Å². The molecule has 1 amide bonds. The molecule has 6 heteroatoms. The minimum absolute atomic E-state index is 0.0819. The lowest BCUT2D eigenvalue weighted by Gasteiger charge is -2.28. The molecule has 2 aliphatic rings. The summed E-state index contributed by atoms with van der Waals surface area (Å²) in [6.45, 7) is 8.94. The monoisotopic (exact) mass is 285 g/mol. The van der Waals surface area contributed by atoms with Crippen LogP contribution in [-0.2, 0) is 14.3 Å². The van der Waals surface area contributed by atoms with Crippen LogP contribution in [0.2, 0.25) is 0 Å². The molecule has 0 aromatic carbocycles. The highest BCUT2D eigenvalue weighted by Crippen LogP contribution is 2.10. The van der Waals surface area contributed by atoms with Crippen molar-refractivity contribution in [2.75, 3.05) is 59.1 Å². The van der Waals surface area contributed by atoms with Gasteiger partial charge in [0.1, 0.15) is 0 Å². The maximum atomic E-state index is 12.4. The van der Waals surface area contributed by atoms with Gasteiger partial charge in [-0.05, 0) is 25.4 Å². The molecule has 2 rings (SSSR count). The lowest BCUT2D eigenvalue weighted by Crippen LogP contribution is -2.46. The van der Waals surface area contributed by atoms with Gasteiger partial charge in [0.25, 0.3) is 5.91 Å². The van der Waals surface area contributed by atoms with Crippen molar-refractivity contribution in [2.24, 2.45) is 11.7 Å². The molecule has 20 heavy (non-hydrogen) atoms. The van der Waals surface area contributed by atoms with E-state index in [2.05, 4.69) is 11.8 Å². The van der Waals surface area contributed by atoms with E-state index in [1.165, 1.54) is 0 Å². The minimum Gasteiger partial charge on any atom is -0.376 e. The fraction of sp³-hybridized carbons (Fsp3) is 0.929. The van der Waals surface area contributed by atoms with Crippen molar-refractivity contribution in [2.45, 2.75) is 19.4 Å². The van der Waals surface area contributed by atoms with E-state index in [1.54, 1.807) is 0 Å². The fourth-order valence-electron chi connectivity index (χ4n) is 2.72. The van der Waals surface area contributed by atoms with Gasteiger partial charge in [0.2, 0.25) is 0 Å². The Labute approximate surface area is 121 Å². The zero-order chi connectivity index (χ0) is 14.4. The Hall–Kier alpha value is -0.690. The lowest BCUT2D eigenvalue weighted by atomic mass is 10.1. The number of nitrogens with two attached hydrogens (primary N) is 1. The van der Waals surface area contributed by atoms with E-state index in [0.29, 0.717) is 32.3 Å². The van der Waals surface area contributed by atoms with E-state index < -0.39 is 6.10 Å². The summed E-state index contributed by atoms with van der Waals surface area (Å²) >= 11 is 0. The molecule has 116 valence electrons. The van der Waals surface area contributed by atoms with Gasteiger partial charge < -0.3 is 25.0 Å². The van der Waals surface area contributed by atoms with Crippen molar-refractivity contribution < 1.29 is 14.3 Å². The third kappa shape index (κ3) is 4.41. The highest BCUT2D eigenvalue weighted by molar-refractivity contribution is 5.81. The molecule has 0 spiro atoms. The molecular formula is C14H27N3O3. The van der Waals surface area contributed by atoms with Gasteiger partial charge in [-0.25, -0.2) is 0 Å². The Morgan fingerprint density at radius 2 is 2.15 bits per heavy atom. The zero-order valence-corrected chi connectivity index (χ0v) is 12.4. The molecule has 0 radical (unpaired) electrons. The number of rotatable bonds is 4. The average Bonchev–Trinajstić information content (AvgIpc) is 2.73. The highest BCUT2D eigenvalue weighted by Gasteiger charge is 2.28. The van der Waals surface area contributed by atoms with E-state index in [1.807, 2.05) is 4.90 Å². The number of carbonyl (C=O) groups excluding carboxylic acids is 1. The summed E-state index contributed by atoms with van der Waals surface area (Å²) in [6.07, 6.45) is 0.606. The molecule has 0 bridgehead atoms. The van der Waals surface area contributed by atoms with Crippen LogP contribution >= 0.6 is 0 Å². The molecule has 0 aliphatic carbocycles. The number of hydrogen-bond acceptors (Lipinski definition) is 5. The van der Waals surface area contributed by atoms with E-state index in [4.69, 9.17) is 15.2 Å². The number of amides is 1. The first-order valence-corrected chi connectivity index (χ1v) is 7.61. The molecule has 0 aromatic heterocycles. The number of hydrogen-bond donors (Lipinski definition) is 1. The topological polar surface area (TPSA) is 68.0 Å². The smallest absolute Gasteiger partial charge is 0.254 e. The Morgan fingerprint density at radius 3 is 2.85 bits per heavy atom. The van der Waals surface area contributed by atoms with Crippen molar-refractivity contribution >= 4 is 5.91 Å². The van der Waals surface area contributed by atoms with Crippen LogP contribution in [0.4, 0.5) is 0 Å². The zero-order valence-electron chi connectivity index (χ0n) is 12.4. The van der Waals surface area contributed by atoms with Crippen LogP contribution in [0.25, 0.3) is 0 Å². The molecule has 6 nitrogen and oxygen atoms in total. The van der Waals surface area contributed by atoms with Gasteiger partial charge >= 0.3 is 0 Å². The molecule has 2 atom stereocenters. The summed E-state index contributed by atoms with van der Waals surface area (Å²) in [4.78, 5) is 16.7. The first kappa shape index (κ1) is 15.7. The van der Waals surface area contributed by atoms with E-state index in [9.17, 15) is 4.79 Å². The first-order valence-electron chi connectivity index (χ1n) is 7.61. The summed E-state index contributed by atoms with van der Waals surface area (Å²) in [5, 5.41) is 0. The Morgan fingerprint density at radius 1 is 1.30 bits per heavy atom. The maximum absolute atomic E-state index is 12.4. The van der Waals surface area contributed by atoms with Crippen LogP contribution in [0, 0.1) is 5.92 Å². The molecule has 0 saturated carbocycles. The van der Waals surface area contributed by atoms with Crippen molar-refractivity contribution in [3.63, 3.8) is 0 Å². The van der Waals surface area contributed by atoms with Crippen molar-refractivity contribution in [1.82, 2.24) is 9.80 Å². The Balaban J connectivity index is 1.80. The Bertz CT molecular complexity index is 308. The predicted octanol–water partition coefficient (Wildman–Crippen LogP) is -0.469. The SMILES string of the molecule is CC(CN)CN1CCCN(C(=O)C2COCCO2)CC1. The van der Waals surface area contributed by atoms with Gasteiger partial charge in [0.15, 0.2) is 6.10 Å². The van der Waals surface area contributed by atoms with Gasteiger partial charge in [-0.1, -0.05) is 6.92 Å². The van der Waals surface area contributed by atoms with Crippen molar-refractivity contribution in [1.29, 1.82) is 0 Å². The van der Waals surface area contributed by atoms with Gasteiger partial charge in [-0.2, -0.15) is 0 Å². The van der Waals surface area contributed by atoms with Gasteiger partial charge in [-0.3, -0.25) is 4.79 Å². The molecule has 2 saturated heterocycles. The second-order valence-electron chi connectivity index (χ2n) is 5.75. The molecule has 2 unspecified atom stereocenters. The van der Waals surface area contributed by atoms with Crippen LogP contribution in [0.3, 0.4) is 0 Å². The first-order chi connectivity index (χ1) is 9.70. The third-order valence-electron chi connectivity index (χ3n) is 3.96. The summed E-state index contributed by atoms with van der Waals surface area (Å²) in [7, 11) is 0. The molecule has 2 aliphatic heterocycles. The number of nitrogens with zero attached hydrogens (tertiary/aromatic N) is 2. The minimum atomic E-state index is -0.404. The third-order valence-corrected chi connectivity index (χ3v) is 3.96. The standard InChI is InChI=1S/C14H27N3O3/c1-12(9-15)10-16-3-2-4-17(6-5-16)14(18)13-11-19-7-8-20-13/h12-13H,2-11,15H2,1H3. The van der Waals surface area contributed by atoms with Crippen LogP contribution in [0.15, 0.2) is 0 Å². The van der Waals surface area contributed by atoms with Gasteiger partial charge in [-0.15, -0.1) is 0 Å². The normalized spacial score (nSPS) is 27.1. The summed E-state index contributed by atoms with van der Waals surface area (Å²) in [6, 6.07) is 0. The second-order valence-corrected chi connectivity index (χ2v) is 5.75. The molecule has 2 fully saturated rings. The van der Waals surface area contributed by atoms with Gasteiger partial charge in [0, 0.05) is 26.2 Å².